The Balaban J connectivity index is 1.21. The average molecular weight is 441 g/mol. The number of rotatable bonds is 8. The summed E-state index contributed by atoms with van der Waals surface area (Å²) in [6.07, 6.45) is 8.33. The van der Waals surface area contributed by atoms with Crippen molar-refractivity contribution in [1.29, 1.82) is 0 Å². The van der Waals surface area contributed by atoms with Gasteiger partial charge in [0.15, 0.2) is 0 Å². The highest BCUT2D eigenvalue weighted by atomic mass is 16.5. The smallest absolute Gasteiger partial charge is 0.326 e. The summed E-state index contributed by atoms with van der Waals surface area (Å²) < 4.78 is 10.4. The second-order valence-corrected chi connectivity index (χ2v) is 8.33. The van der Waals surface area contributed by atoms with E-state index in [0.29, 0.717) is 43.3 Å². The number of urea groups is 1. The van der Waals surface area contributed by atoms with Crippen molar-refractivity contribution in [3.05, 3.63) is 30.4 Å². The predicted molar refractivity (Wildman–Crippen MR) is 112 cm³/mol. The molecule has 2 aliphatic rings. The Morgan fingerprint density at radius 2 is 2.16 bits per heavy atom. The van der Waals surface area contributed by atoms with Crippen molar-refractivity contribution in [2.24, 2.45) is 5.92 Å². The van der Waals surface area contributed by atoms with E-state index in [0.717, 1.165) is 29.7 Å². The molecular weight excluding hydrogens is 414 g/mol. The zero-order valence-corrected chi connectivity index (χ0v) is 18.1. The molecule has 10 nitrogen and oxygen atoms in total. The lowest BCUT2D eigenvalue weighted by molar-refractivity contribution is -0.148. The van der Waals surface area contributed by atoms with Crippen LogP contribution in [-0.4, -0.2) is 56.6 Å². The maximum Gasteiger partial charge on any atom is 0.326 e. The molecule has 0 atom stereocenters. The van der Waals surface area contributed by atoms with E-state index >= 15 is 0 Å². The third kappa shape index (κ3) is 4.63. The van der Waals surface area contributed by atoms with Gasteiger partial charge in [0, 0.05) is 24.4 Å². The molecule has 3 amide bonds. The number of carbonyl (C=O) groups excluding carboxylic acids is 3. The monoisotopic (exact) mass is 441 g/mol. The van der Waals surface area contributed by atoms with Gasteiger partial charge in [-0.2, -0.15) is 4.98 Å². The van der Waals surface area contributed by atoms with Crippen LogP contribution in [0.1, 0.15) is 51.3 Å². The third-order valence-electron chi connectivity index (χ3n) is 6.26. The van der Waals surface area contributed by atoms with Gasteiger partial charge in [0.05, 0.1) is 6.61 Å². The standard InChI is InChI=1S/C22H27N5O5/c1-2-15-7-9-22(10-8-15)20(29)27(21(30)25-22)14-18(28)31-12-4-6-17-24-19(26-32-17)16-5-3-11-23-13-16/h3,5,11,13,15H,2,4,6-10,12,14H2,1H3,(H,25,30). The van der Waals surface area contributed by atoms with Crippen molar-refractivity contribution in [1.82, 2.24) is 25.3 Å². The van der Waals surface area contributed by atoms with Crippen LogP contribution < -0.4 is 5.32 Å². The zero-order valence-electron chi connectivity index (χ0n) is 18.1. The Labute approximate surface area is 185 Å². The molecule has 0 radical (unpaired) electrons. The summed E-state index contributed by atoms with van der Waals surface area (Å²) in [5.41, 5.74) is -0.101. The Morgan fingerprint density at radius 1 is 1.34 bits per heavy atom. The molecule has 2 aromatic rings. The Bertz CT molecular complexity index is 968. The number of ether oxygens (including phenoxy) is 1. The fourth-order valence-corrected chi connectivity index (χ4v) is 4.29. The van der Waals surface area contributed by atoms with Gasteiger partial charge >= 0.3 is 12.0 Å². The first-order valence-corrected chi connectivity index (χ1v) is 11.0. The number of hydrogen-bond acceptors (Lipinski definition) is 8. The SMILES string of the molecule is CCC1CCC2(CC1)NC(=O)N(CC(=O)OCCCc1nc(-c3cccnc3)no1)C2=O. The number of pyridine rings is 1. The van der Waals surface area contributed by atoms with E-state index in [1.54, 1.807) is 18.5 Å². The summed E-state index contributed by atoms with van der Waals surface area (Å²) in [5, 5.41) is 6.74. The van der Waals surface area contributed by atoms with Crippen LogP contribution in [-0.2, 0) is 20.7 Å². The topological polar surface area (TPSA) is 128 Å². The largest absolute Gasteiger partial charge is 0.464 e. The van der Waals surface area contributed by atoms with E-state index in [1.807, 2.05) is 6.07 Å². The first-order valence-electron chi connectivity index (χ1n) is 11.0. The van der Waals surface area contributed by atoms with Crippen LogP contribution in [0.25, 0.3) is 11.4 Å². The lowest BCUT2D eigenvalue weighted by Crippen LogP contribution is -2.49. The van der Waals surface area contributed by atoms with Gasteiger partial charge in [-0.25, -0.2) is 4.79 Å². The summed E-state index contributed by atoms with van der Waals surface area (Å²) in [6.45, 7) is 1.88. The van der Waals surface area contributed by atoms with Crippen molar-refractivity contribution in [3.8, 4) is 11.4 Å². The minimum atomic E-state index is -0.854. The molecule has 1 saturated carbocycles. The fraction of sp³-hybridized carbons (Fsp3) is 0.545. The maximum absolute atomic E-state index is 12.9. The molecule has 3 heterocycles. The van der Waals surface area contributed by atoms with Crippen LogP contribution in [0.5, 0.6) is 0 Å². The molecule has 0 aromatic carbocycles. The van der Waals surface area contributed by atoms with E-state index in [-0.39, 0.29) is 19.1 Å². The molecule has 1 N–H and O–H groups in total. The van der Waals surface area contributed by atoms with Crippen LogP contribution in [0.3, 0.4) is 0 Å². The van der Waals surface area contributed by atoms with E-state index in [9.17, 15) is 14.4 Å². The molecule has 1 saturated heterocycles. The summed E-state index contributed by atoms with van der Waals surface area (Å²) >= 11 is 0. The normalized spacial score (nSPS) is 22.9. The molecule has 2 aromatic heterocycles. The third-order valence-corrected chi connectivity index (χ3v) is 6.26. The molecule has 170 valence electrons. The highest BCUT2D eigenvalue weighted by Crippen LogP contribution is 2.37. The van der Waals surface area contributed by atoms with Gasteiger partial charge in [-0.1, -0.05) is 18.5 Å². The molecular formula is C22H27N5O5. The minimum Gasteiger partial charge on any atom is -0.464 e. The number of nitrogens with zero attached hydrogens (tertiary/aromatic N) is 4. The van der Waals surface area contributed by atoms with E-state index in [4.69, 9.17) is 9.26 Å². The van der Waals surface area contributed by atoms with Gasteiger partial charge in [-0.05, 0) is 50.2 Å². The lowest BCUT2D eigenvalue weighted by atomic mass is 9.75. The van der Waals surface area contributed by atoms with E-state index < -0.39 is 17.5 Å². The molecule has 32 heavy (non-hydrogen) atoms. The second kappa shape index (κ2) is 9.46. The Morgan fingerprint density at radius 3 is 2.88 bits per heavy atom. The lowest BCUT2D eigenvalue weighted by Gasteiger charge is -2.34. The molecule has 0 bridgehead atoms. The summed E-state index contributed by atoms with van der Waals surface area (Å²) in [7, 11) is 0. The van der Waals surface area contributed by atoms with E-state index in [1.165, 1.54) is 0 Å². The van der Waals surface area contributed by atoms with Crippen molar-refractivity contribution >= 4 is 17.9 Å². The zero-order chi connectivity index (χ0) is 22.6. The first kappa shape index (κ1) is 21.9. The number of esters is 1. The van der Waals surface area contributed by atoms with Gasteiger partial charge in [0.1, 0.15) is 12.1 Å². The van der Waals surface area contributed by atoms with Gasteiger partial charge in [0.25, 0.3) is 5.91 Å². The summed E-state index contributed by atoms with van der Waals surface area (Å²) in [6, 6.07) is 3.10. The molecule has 0 unspecified atom stereocenters. The van der Waals surface area contributed by atoms with Gasteiger partial charge < -0.3 is 14.6 Å². The van der Waals surface area contributed by atoms with E-state index in [2.05, 4.69) is 27.4 Å². The van der Waals surface area contributed by atoms with Crippen LogP contribution in [0.2, 0.25) is 0 Å². The molecule has 1 aliphatic carbocycles. The predicted octanol–water partition coefficient (Wildman–Crippen LogP) is 2.50. The van der Waals surface area contributed by atoms with Gasteiger partial charge in [-0.3, -0.25) is 19.5 Å². The Hall–Kier alpha value is -3.30. The van der Waals surface area contributed by atoms with Gasteiger partial charge in [0.2, 0.25) is 11.7 Å². The quantitative estimate of drug-likeness (QED) is 0.376. The minimum absolute atomic E-state index is 0.121. The number of aryl methyl sites for hydroxylation is 1. The van der Waals surface area contributed by atoms with Crippen molar-refractivity contribution in [2.75, 3.05) is 13.2 Å². The number of amides is 3. The number of hydrogen-bond donors (Lipinski definition) is 1. The van der Waals surface area contributed by atoms with Crippen molar-refractivity contribution in [2.45, 2.75) is 57.4 Å². The maximum atomic E-state index is 12.9. The number of imide groups is 1. The average Bonchev–Trinajstić information content (AvgIpc) is 3.37. The first-order chi connectivity index (χ1) is 15.5. The molecule has 10 heteroatoms. The second-order valence-electron chi connectivity index (χ2n) is 8.33. The summed E-state index contributed by atoms with van der Waals surface area (Å²) in [4.78, 5) is 46.7. The number of aromatic nitrogens is 3. The fourth-order valence-electron chi connectivity index (χ4n) is 4.29. The van der Waals surface area contributed by atoms with Crippen LogP contribution in [0.4, 0.5) is 4.79 Å². The van der Waals surface area contributed by atoms with Crippen LogP contribution >= 0.6 is 0 Å². The summed E-state index contributed by atoms with van der Waals surface area (Å²) in [5.74, 6) is 0.532. The van der Waals surface area contributed by atoms with Crippen LogP contribution in [0, 0.1) is 5.92 Å². The Kier molecular flexibility index (Phi) is 6.48. The molecule has 2 fully saturated rings. The van der Waals surface area contributed by atoms with Crippen molar-refractivity contribution in [3.63, 3.8) is 0 Å². The highest BCUT2D eigenvalue weighted by Gasteiger charge is 2.52. The van der Waals surface area contributed by atoms with Crippen molar-refractivity contribution < 1.29 is 23.6 Å². The molecule has 4 rings (SSSR count). The molecule has 1 spiro atoms. The van der Waals surface area contributed by atoms with Crippen LogP contribution in [0.15, 0.2) is 29.0 Å². The number of nitrogens with one attached hydrogen (secondary N) is 1. The van der Waals surface area contributed by atoms with Gasteiger partial charge in [-0.15, -0.1) is 0 Å². The molecule has 1 aliphatic heterocycles. The number of carbonyl (C=O) groups is 3. The highest BCUT2D eigenvalue weighted by molar-refractivity contribution is 6.08.